The van der Waals surface area contributed by atoms with Gasteiger partial charge in [0.25, 0.3) is 0 Å². The molecule has 0 fully saturated rings. The molecule has 1 aromatic carbocycles. The van der Waals surface area contributed by atoms with E-state index in [4.69, 9.17) is 10.00 Å². The molecule has 0 aliphatic carbocycles. The van der Waals surface area contributed by atoms with E-state index in [1.54, 1.807) is 0 Å². The van der Waals surface area contributed by atoms with E-state index in [2.05, 4.69) is 19.9 Å². The van der Waals surface area contributed by atoms with Crippen LogP contribution in [-0.4, -0.2) is 6.61 Å². The molecule has 1 atom stereocenters. The highest BCUT2D eigenvalue weighted by Gasteiger charge is 2.10. The number of ether oxygens (including phenoxy) is 1. The van der Waals surface area contributed by atoms with Crippen LogP contribution in [0.25, 0.3) is 0 Å². The van der Waals surface area contributed by atoms with Gasteiger partial charge in [-0.25, -0.2) is 0 Å². The number of benzene rings is 1. The van der Waals surface area contributed by atoms with E-state index in [-0.39, 0.29) is 0 Å². The lowest BCUT2D eigenvalue weighted by Gasteiger charge is -2.18. The summed E-state index contributed by atoms with van der Waals surface area (Å²) in [6.07, 6.45) is 4.91. The number of nitrogens with zero attached hydrogens (tertiary/aromatic N) is 1. The molecular formula is C17H25NO. The maximum atomic E-state index is 8.94. The number of hydrogen-bond donors (Lipinski definition) is 0. The van der Waals surface area contributed by atoms with E-state index < -0.39 is 0 Å². The predicted octanol–water partition coefficient (Wildman–Crippen LogP) is 4.77. The van der Waals surface area contributed by atoms with Gasteiger partial charge in [0.2, 0.25) is 0 Å². The quantitative estimate of drug-likeness (QED) is 0.706. The van der Waals surface area contributed by atoms with Gasteiger partial charge < -0.3 is 4.74 Å². The lowest BCUT2D eigenvalue weighted by molar-refractivity contribution is 0.231. The van der Waals surface area contributed by atoms with Crippen LogP contribution in [0.5, 0.6) is 5.75 Å². The Labute approximate surface area is 117 Å². The van der Waals surface area contributed by atoms with Crippen LogP contribution < -0.4 is 4.74 Å². The Morgan fingerprint density at radius 2 is 1.84 bits per heavy atom. The minimum Gasteiger partial charge on any atom is -0.493 e. The van der Waals surface area contributed by atoms with Crippen molar-refractivity contribution in [1.29, 1.82) is 5.26 Å². The SMILES string of the molecule is CCCCC(CC)COc1c(C)cc(C#N)cc1C. The Bertz CT molecular complexity index is 422. The van der Waals surface area contributed by atoms with Crippen molar-refractivity contribution in [3.63, 3.8) is 0 Å². The largest absolute Gasteiger partial charge is 0.493 e. The predicted molar refractivity (Wildman–Crippen MR) is 79.4 cm³/mol. The van der Waals surface area contributed by atoms with Crippen LogP contribution in [0, 0.1) is 31.1 Å². The second kappa shape index (κ2) is 7.84. The van der Waals surface area contributed by atoms with E-state index in [0.717, 1.165) is 29.9 Å². The Morgan fingerprint density at radius 3 is 2.32 bits per heavy atom. The zero-order valence-corrected chi connectivity index (χ0v) is 12.6. The van der Waals surface area contributed by atoms with Gasteiger partial charge in [-0.3, -0.25) is 0 Å². The summed E-state index contributed by atoms with van der Waals surface area (Å²) in [5, 5.41) is 8.94. The second-order valence-electron chi connectivity index (χ2n) is 5.28. The van der Waals surface area contributed by atoms with Crippen LogP contribution in [0.4, 0.5) is 0 Å². The van der Waals surface area contributed by atoms with Gasteiger partial charge in [0.1, 0.15) is 5.75 Å². The van der Waals surface area contributed by atoms with Crippen LogP contribution in [0.15, 0.2) is 12.1 Å². The fourth-order valence-corrected chi connectivity index (χ4v) is 2.34. The summed E-state index contributed by atoms with van der Waals surface area (Å²) in [6.45, 7) is 9.25. The minimum atomic E-state index is 0.634. The summed E-state index contributed by atoms with van der Waals surface area (Å²) in [7, 11) is 0. The number of hydrogen-bond acceptors (Lipinski definition) is 2. The highest BCUT2D eigenvalue weighted by molar-refractivity contribution is 5.47. The van der Waals surface area contributed by atoms with Crippen molar-refractivity contribution >= 4 is 0 Å². The van der Waals surface area contributed by atoms with Gasteiger partial charge in [0.05, 0.1) is 18.2 Å². The zero-order valence-electron chi connectivity index (χ0n) is 12.6. The maximum absolute atomic E-state index is 8.94. The van der Waals surface area contributed by atoms with Gasteiger partial charge in [-0.05, 0) is 49.4 Å². The zero-order chi connectivity index (χ0) is 14.3. The smallest absolute Gasteiger partial charge is 0.125 e. The first-order valence-corrected chi connectivity index (χ1v) is 7.26. The standard InChI is InChI=1S/C17H25NO/c1-5-7-8-15(6-2)12-19-17-13(3)9-16(11-18)10-14(17)4/h9-10,15H,5-8,12H2,1-4H3. The molecule has 0 heterocycles. The molecule has 1 unspecified atom stereocenters. The summed E-state index contributed by atoms with van der Waals surface area (Å²) in [6, 6.07) is 5.98. The first-order chi connectivity index (χ1) is 9.12. The molecule has 19 heavy (non-hydrogen) atoms. The molecule has 0 aliphatic rings. The molecule has 0 radical (unpaired) electrons. The molecular weight excluding hydrogens is 234 g/mol. The van der Waals surface area contributed by atoms with Gasteiger partial charge in [0.15, 0.2) is 0 Å². The number of nitriles is 1. The van der Waals surface area contributed by atoms with Crippen molar-refractivity contribution in [2.75, 3.05) is 6.61 Å². The highest BCUT2D eigenvalue weighted by atomic mass is 16.5. The van der Waals surface area contributed by atoms with Crippen molar-refractivity contribution < 1.29 is 4.74 Å². The van der Waals surface area contributed by atoms with E-state index in [1.807, 2.05) is 26.0 Å². The third-order valence-corrected chi connectivity index (χ3v) is 3.60. The fraction of sp³-hybridized carbons (Fsp3) is 0.588. The average Bonchev–Trinajstić information content (AvgIpc) is 2.40. The lowest BCUT2D eigenvalue weighted by Crippen LogP contribution is -2.12. The summed E-state index contributed by atoms with van der Waals surface area (Å²) in [4.78, 5) is 0. The first-order valence-electron chi connectivity index (χ1n) is 7.26. The molecule has 0 N–H and O–H groups in total. The van der Waals surface area contributed by atoms with Crippen LogP contribution in [-0.2, 0) is 0 Å². The van der Waals surface area contributed by atoms with Gasteiger partial charge in [0, 0.05) is 0 Å². The minimum absolute atomic E-state index is 0.634. The molecule has 0 aliphatic heterocycles. The second-order valence-corrected chi connectivity index (χ2v) is 5.28. The molecule has 1 aromatic rings. The monoisotopic (exact) mass is 259 g/mol. The van der Waals surface area contributed by atoms with Crippen LogP contribution in [0.2, 0.25) is 0 Å². The van der Waals surface area contributed by atoms with Crippen LogP contribution >= 0.6 is 0 Å². The highest BCUT2D eigenvalue weighted by Crippen LogP contribution is 2.26. The Balaban J connectivity index is 2.69. The lowest BCUT2D eigenvalue weighted by atomic mass is 10.0. The molecule has 0 spiro atoms. The molecule has 2 heteroatoms. The number of unbranched alkanes of at least 4 members (excludes halogenated alkanes) is 1. The normalized spacial score (nSPS) is 11.9. The summed E-state index contributed by atoms with van der Waals surface area (Å²) < 4.78 is 6.01. The van der Waals surface area contributed by atoms with Crippen LogP contribution in [0.1, 0.15) is 56.2 Å². The first kappa shape index (κ1) is 15.6. The molecule has 104 valence electrons. The third-order valence-electron chi connectivity index (χ3n) is 3.60. The van der Waals surface area contributed by atoms with Crippen molar-refractivity contribution in [2.24, 2.45) is 5.92 Å². The van der Waals surface area contributed by atoms with E-state index in [0.29, 0.717) is 11.5 Å². The summed E-state index contributed by atoms with van der Waals surface area (Å²) >= 11 is 0. The summed E-state index contributed by atoms with van der Waals surface area (Å²) in [5.41, 5.74) is 2.82. The maximum Gasteiger partial charge on any atom is 0.125 e. The fourth-order valence-electron chi connectivity index (χ4n) is 2.34. The number of rotatable bonds is 7. The number of aryl methyl sites for hydroxylation is 2. The van der Waals surface area contributed by atoms with Crippen molar-refractivity contribution in [1.82, 2.24) is 0 Å². The van der Waals surface area contributed by atoms with Gasteiger partial charge in [-0.15, -0.1) is 0 Å². The molecule has 0 amide bonds. The van der Waals surface area contributed by atoms with Gasteiger partial charge >= 0.3 is 0 Å². The molecule has 2 nitrogen and oxygen atoms in total. The van der Waals surface area contributed by atoms with E-state index >= 15 is 0 Å². The van der Waals surface area contributed by atoms with Crippen molar-refractivity contribution in [2.45, 2.75) is 53.4 Å². The summed E-state index contributed by atoms with van der Waals surface area (Å²) in [5.74, 6) is 1.59. The Hall–Kier alpha value is -1.49. The van der Waals surface area contributed by atoms with Crippen molar-refractivity contribution in [3.05, 3.63) is 28.8 Å². The Morgan fingerprint density at radius 1 is 1.21 bits per heavy atom. The molecule has 0 saturated heterocycles. The topological polar surface area (TPSA) is 33.0 Å². The third kappa shape index (κ3) is 4.59. The van der Waals surface area contributed by atoms with Crippen LogP contribution in [0.3, 0.4) is 0 Å². The Kier molecular flexibility index (Phi) is 6.42. The molecule has 1 rings (SSSR count). The molecule has 0 saturated carbocycles. The molecule has 0 bridgehead atoms. The van der Waals surface area contributed by atoms with Gasteiger partial charge in [-0.1, -0.05) is 33.1 Å². The average molecular weight is 259 g/mol. The van der Waals surface area contributed by atoms with Crippen molar-refractivity contribution in [3.8, 4) is 11.8 Å². The van der Waals surface area contributed by atoms with E-state index in [9.17, 15) is 0 Å². The molecule has 0 aromatic heterocycles. The van der Waals surface area contributed by atoms with Gasteiger partial charge in [-0.2, -0.15) is 5.26 Å². The van der Waals surface area contributed by atoms with E-state index in [1.165, 1.54) is 19.3 Å².